The molecule has 1 aromatic carbocycles. The first-order valence-corrected chi connectivity index (χ1v) is 7.49. The fourth-order valence-electron chi connectivity index (χ4n) is 3.59. The zero-order valence-corrected chi connectivity index (χ0v) is 11.9. The van der Waals surface area contributed by atoms with Crippen molar-refractivity contribution in [2.75, 3.05) is 18.0 Å². The summed E-state index contributed by atoms with van der Waals surface area (Å²) in [6.45, 7) is 1.19. The summed E-state index contributed by atoms with van der Waals surface area (Å²) in [5.74, 6) is -0.583. The average molecular weight is 288 g/mol. The van der Waals surface area contributed by atoms with Gasteiger partial charge >= 0.3 is 5.97 Å². The van der Waals surface area contributed by atoms with E-state index in [1.807, 2.05) is 6.07 Å². The minimum atomic E-state index is -0.960. The van der Waals surface area contributed by atoms with Crippen molar-refractivity contribution in [2.24, 2.45) is 17.6 Å². The highest BCUT2D eigenvalue weighted by Gasteiger charge is 2.37. The predicted molar refractivity (Wildman–Crippen MR) is 79.3 cm³/mol. The Bertz CT molecular complexity index is 585. The quantitative estimate of drug-likeness (QED) is 0.885. The van der Waals surface area contributed by atoms with Gasteiger partial charge in [-0.1, -0.05) is 12.5 Å². The molecule has 0 aromatic heterocycles. The van der Waals surface area contributed by atoms with E-state index in [1.54, 1.807) is 17.0 Å². The third-order valence-corrected chi connectivity index (χ3v) is 4.77. The Morgan fingerprint density at radius 3 is 2.86 bits per heavy atom. The third-order valence-electron chi connectivity index (χ3n) is 4.77. The van der Waals surface area contributed by atoms with Crippen LogP contribution in [0.3, 0.4) is 0 Å². The van der Waals surface area contributed by atoms with Crippen LogP contribution in [0.5, 0.6) is 0 Å². The Hall–Kier alpha value is -1.88. The standard InChI is InChI=1S/C16H20N2O3/c17-9-12-2-1-3-13(12)15(19)18-7-6-10-4-5-11(16(20)21)8-14(10)18/h4-5,8,12-13H,1-3,6-7,9,17H2,(H,20,21). The van der Waals surface area contributed by atoms with Gasteiger partial charge < -0.3 is 15.7 Å². The Morgan fingerprint density at radius 1 is 1.33 bits per heavy atom. The van der Waals surface area contributed by atoms with Gasteiger partial charge in [0.25, 0.3) is 0 Å². The van der Waals surface area contributed by atoms with E-state index in [4.69, 9.17) is 10.8 Å². The second-order valence-electron chi connectivity index (χ2n) is 5.92. The Kier molecular flexibility index (Phi) is 3.68. The van der Waals surface area contributed by atoms with Gasteiger partial charge in [0.1, 0.15) is 0 Å². The highest BCUT2D eigenvalue weighted by molar-refractivity contribution is 5.99. The molecular formula is C16H20N2O3. The van der Waals surface area contributed by atoms with Crippen molar-refractivity contribution in [3.05, 3.63) is 29.3 Å². The Balaban J connectivity index is 1.88. The molecule has 112 valence electrons. The molecule has 1 fully saturated rings. The monoisotopic (exact) mass is 288 g/mol. The van der Waals surface area contributed by atoms with Crippen molar-refractivity contribution in [1.29, 1.82) is 0 Å². The maximum absolute atomic E-state index is 12.8. The van der Waals surface area contributed by atoms with Crippen molar-refractivity contribution in [1.82, 2.24) is 0 Å². The fraction of sp³-hybridized carbons (Fsp3) is 0.500. The highest BCUT2D eigenvalue weighted by atomic mass is 16.4. The van der Waals surface area contributed by atoms with Crippen LogP contribution in [0.15, 0.2) is 18.2 Å². The molecule has 0 saturated heterocycles. The van der Waals surface area contributed by atoms with Gasteiger partial charge in [-0.25, -0.2) is 4.79 Å². The number of aromatic carboxylic acids is 1. The van der Waals surface area contributed by atoms with E-state index in [0.29, 0.717) is 13.1 Å². The molecular weight excluding hydrogens is 268 g/mol. The number of hydrogen-bond acceptors (Lipinski definition) is 3. The molecule has 0 bridgehead atoms. The van der Waals surface area contributed by atoms with Gasteiger partial charge in [0, 0.05) is 18.2 Å². The summed E-state index contributed by atoms with van der Waals surface area (Å²) in [5, 5.41) is 9.11. The number of benzene rings is 1. The first kappa shape index (κ1) is 14.1. The first-order chi connectivity index (χ1) is 10.1. The lowest BCUT2D eigenvalue weighted by Crippen LogP contribution is -2.38. The van der Waals surface area contributed by atoms with Crippen LogP contribution in [-0.2, 0) is 11.2 Å². The van der Waals surface area contributed by atoms with E-state index in [-0.39, 0.29) is 23.3 Å². The van der Waals surface area contributed by atoms with Gasteiger partial charge in [0.05, 0.1) is 5.56 Å². The predicted octanol–water partition coefficient (Wildman–Crippen LogP) is 1.65. The second-order valence-corrected chi connectivity index (χ2v) is 5.92. The molecule has 21 heavy (non-hydrogen) atoms. The van der Waals surface area contributed by atoms with E-state index in [0.717, 1.165) is 36.9 Å². The van der Waals surface area contributed by atoms with Crippen LogP contribution in [0.1, 0.15) is 35.2 Å². The van der Waals surface area contributed by atoms with E-state index >= 15 is 0 Å². The normalized spacial score (nSPS) is 24.1. The summed E-state index contributed by atoms with van der Waals surface area (Å²) in [4.78, 5) is 25.7. The van der Waals surface area contributed by atoms with Crippen LogP contribution in [0.2, 0.25) is 0 Å². The lowest BCUT2D eigenvalue weighted by Gasteiger charge is -2.25. The number of nitrogens with zero attached hydrogens (tertiary/aromatic N) is 1. The van der Waals surface area contributed by atoms with Gasteiger partial charge in [0.15, 0.2) is 0 Å². The number of carbonyl (C=O) groups excluding carboxylic acids is 1. The maximum atomic E-state index is 12.8. The summed E-state index contributed by atoms with van der Waals surface area (Å²) in [6, 6.07) is 5.05. The molecule has 1 aliphatic heterocycles. The van der Waals surface area contributed by atoms with Gasteiger partial charge in [0.2, 0.25) is 5.91 Å². The van der Waals surface area contributed by atoms with Crippen LogP contribution >= 0.6 is 0 Å². The molecule has 5 heteroatoms. The number of carboxylic acid groups (broad SMARTS) is 1. The molecule has 3 N–H and O–H groups in total. The number of amides is 1. The Morgan fingerprint density at radius 2 is 2.14 bits per heavy atom. The zero-order valence-electron chi connectivity index (χ0n) is 11.9. The lowest BCUT2D eigenvalue weighted by molar-refractivity contribution is -0.123. The van der Waals surface area contributed by atoms with Crippen molar-refractivity contribution in [2.45, 2.75) is 25.7 Å². The number of anilines is 1. The molecule has 5 nitrogen and oxygen atoms in total. The lowest BCUT2D eigenvalue weighted by atomic mass is 9.94. The molecule has 1 amide bonds. The smallest absolute Gasteiger partial charge is 0.335 e. The summed E-state index contributed by atoms with van der Waals surface area (Å²) in [5.41, 5.74) is 7.82. The summed E-state index contributed by atoms with van der Waals surface area (Å²) in [6.07, 6.45) is 3.75. The van der Waals surface area contributed by atoms with E-state index in [2.05, 4.69) is 0 Å². The summed E-state index contributed by atoms with van der Waals surface area (Å²) in [7, 11) is 0. The van der Waals surface area contributed by atoms with Crippen LogP contribution in [0.25, 0.3) is 0 Å². The van der Waals surface area contributed by atoms with Crippen molar-refractivity contribution < 1.29 is 14.7 Å². The average Bonchev–Trinajstić information content (AvgIpc) is 3.12. The zero-order chi connectivity index (χ0) is 15.0. The molecule has 3 rings (SSSR count). The number of hydrogen-bond donors (Lipinski definition) is 2. The van der Waals surface area contributed by atoms with Crippen LogP contribution in [-0.4, -0.2) is 30.1 Å². The van der Waals surface area contributed by atoms with E-state index in [9.17, 15) is 9.59 Å². The molecule has 2 aliphatic rings. The number of carboxylic acids is 1. The van der Waals surface area contributed by atoms with Crippen LogP contribution in [0.4, 0.5) is 5.69 Å². The Labute approximate surface area is 123 Å². The number of carbonyl (C=O) groups is 2. The maximum Gasteiger partial charge on any atom is 0.335 e. The van der Waals surface area contributed by atoms with Gasteiger partial charge in [-0.3, -0.25) is 4.79 Å². The molecule has 2 unspecified atom stereocenters. The van der Waals surface area contributed by atoms with Gasteiger partial charge in [-0.2, -0.15) is 0 Å². The molecule has 0 spiro atoms. The minimum absolute atomic E-state index is 0.00515. The third kappa shape index (κ3) is 2.42. The summed E-state index contributed by atoms with van der Waals surface area (Å²) < 4.78 is 0. The van der Waals surface area contributed by atoms with Gasteiger partial charge in [-0.05, 0) is 49.4 Å². The minimum Gasteiger partial charge on any atom is -0.478 e. The fourth-order valence-corrected chi connectivity index (χ4v) is 3.59. The topological polar surface area (TPSA) is 83.6 Å². The second kappa shape index (κ2) is 5.48. The number of fused-ring (bicyclic) bond motifs is 1. The van der Waals surface area contributed by atoms with Crippen LogP contribution in [0, 0.1) is 11.8 Å². The van der Waals surface area contributed by atoms with Crippen molar-refractivity contribution in [3.8, 4) is 0 Å². The number of rotatable bonds is 3. The molecule has 1 heterocycles. The number of nitrogens with two attached hydrogens (primary N) is 1. The van der Waals surface area contributed by atoms with Gasteiger partial charge in [-0.15, -0.1) is 0 Å². The summed E-state index contributed by atoms with van der Waals surface area (Å²) >= 11 is 0. The molecule has 2 atom stereocenters. The molecule has 0 radical (unpaired) electrons. The largest absolute Gasteiger partial charge is 0.478 e. The van der Waals surface area contributed by atoms with Crippen molar-refractivity contribution in [3.63, 3.8) is 0 Å². The highest BCUT2D eigenvalue weighted by Crippen LogP contribution is 2.36. The van der Waals surface area contributed by atoms with Crippen LogP contribution < -0.4 is 10.6 Å². The van der Waals surface area contributed by atoms with E-state index < -0.39 is 5.97 Å². The first-order valence-electron chi connectivity index (χ1n) is 7.49. The molecule has 1 saturated carbocycles. The SMILES string of the molecule is NCC1CCCC1C(=O)N1CCc2ccc(C(=O)O)cc21. The van der Waals surface area contributed by atoms with E-state index in [1.165, 1.54) is 0 Å². The van der Waals surface area contributed by atoms with Crippen molar-refractivity contribution >= 4 is 17.6 Å². The molecule has 1 aliphatic carbocycles. The molecule has 1 aromatic rings.